The number of fused-ring (bicyclic) bond motifs is 1. The van der Waals surface area contributed by atoms with Gasteiger partial charge in [0.25, 0.3) is 0 Å². The minimum Gasteiger partial charge on any atom is -0.493 e. The van der Waals surface area contributed by atoms with Gasteiger partial charge in [-0.2, -0.15) is 0 Å². The molecule has 1 N–H and O–H groups in total. The van der Waals surface area contributed by atoms with E-state index in [2.05, 4.69) is 47.9 Å². The maximum Gasteiger partial charge on any atom is 0.227 e. The molecule has 0 unspecified atom stereocenters. The van der Waals surface area contributed by atoms with Crippen molar-refractivity contribution in [2.75, 3.05) is 26.6 Å². The monoisotopic (exact) mass is 434 g/mol. The van der Waals surface area contributed by atoms with Crippen molar-refractivity contribution >= 4 is 17.7 Å². The molecule has 7 heteroatoms. The third kappa shape index (κ3) is 4.77. The van der Waals surface area contributed by atoms with E-state index < -0.39 is 0 Å². The highest BCUT2D eigenvalue weighted by Crippen LogP contribution is 2.40. The van der Waals surface area contributed by atoms with Crippen molar-refractivity contribution < 1.29 is 14.2 Å². The molecule has 32 heavy (non-hydrogen) atoms. The highest BCUT2D eigenvalue weighted by Gasteiger charge is 2.19. The Labute approximate surface area is 189 Å². The molecular formula is C25H30N4O3. The number of nitrogens with zero attached hydrogens (tertiary/aromatic N) is 3. The maximum absolute atomic E-state index is 5.43. The van der Waals surface area contributed by atoms with Gasteiger partial charge in [-0.1, -0.05) is 25.7 Å². The molecule has 168 valence electrons. The zero-order chi connectivity index (χ0) is 23.1. The van der Waals surface area contributed by atoms with Crippen molar-refractivity contribution in [1.29, 1.82) is 0 Å². The van der Waals surface area contributed by atoms with E-state index >= 15 is 0 Å². The quantitative estimate of drug-likeness (QED) is 0.526. The summed E-state index contributed by atoms with van der Waals surface area (Å²) < 4.78 is 16.3. The van der Waals surface area contributed by atoms with E-state index in [1.165, 1.54) is 5.57 Å². The van der Waals surface area contributed by atoms with E-state index in [9.17, 15) is 0 Å². The highest BCUT2D eigenvalue weighted by atomic mass is 16.5. The summed E-state index contributed by atoms with van der Waals surface area (Å²) in [5.74, 6) is 2.13. The third-order valence-corrected chi connectivity index (χ3v) is 5.22. The highest BCUT2D eigenvalue weighted by molar-refractivity contribution is 5.66. The Kier molecular flexibility index (Phi) is 7.54. The fraction of sp³-hybridized carbons (Fsp3) is 0.280. The summed E-state index contributed by atoms with van der Waals surface area (Å²) in [6, 6.07) is 3.64. The topological polar surface area (TPSA) is 68.7 Å². The van der Waals surface area contributed by atoms with Gasteiger partial charge in [0.05, 0.1) is 33.6 Å². The number of ether oxygens (including phenoxy) is 3. The van der Waals surface area contributed by atoms with E-state index in [1.54, 1.807) is 21.3 Å². The number of aromatic nitrogens is 2. The molecule has 7 nitrogen and oxygen atoms in total. The van der Waals surface area contributed by atoms with Gasteiger partial charge in [0, 0.05) is 41.5 Å². The fourth-order valence-electron chi connectivity index (χ4n) is 3.62. The largest absolute Gasteiger partial charge is 0.493 e. The van der Waals surface area contributed by atoms with Crippen LogP contribution in [0.3, 0.4) is 0 Å². The lowest BCUT2D eigenvalue weighted by Gasteiger charge is -2.28. The molecule has 2 heterocycles. The van der Waals surface area contributed by atoms with Gasteiger partial charge in [-0.25, -0.2) is 9.97 Å². The van der Waals surface area contributed by atoms with E-state index in [1.807, 2.05) is 36.6 Å². The average molecular weight is 435 g/mol. The zero-order valence-corrected chi connectivity index (χ0v) is 19.3. The molecule has 0 atom stereocenters. The molecule has 0 radical (unpaired) electrons. The van der Waals surface area contributed by atoms with Crippen molar-refractivity contribution in [3.8, 4) is 17.2 Å². The van der Waals surface area contributed by atoms with E-state index in [0.29, 0.717) is 29.7 Å². The lowest BCUT2D eigenvalue weighted by Crippen LogP contribution is -2.22. The molecule has 3 rings (SSSR count). The van der Waals surface area contributed by atoms with Crippen LogP contribution < -0.4 is 19.5 Å². The number of benzene rings is 1. The van der Waals surface area contributed by atoms with Crippen molar-refractivity contribution in [2.45, 2.75) is 26.8 Å². The Morgan fingerprint density at radius 3 is 2.47 bits per heavy atom. The number of hydrogen-bond acceptors (Lipinski definition) is 7. The third-order valence-electron chi connectivity index (χ3n) is 5.22. The van der Waals surface area contributed by atoms with E-state index in [4.69, 9.17) is 19.2 Å². The van der Waals surface area contributed by atoms with Gasteiger partial charge >= 0.3 is 0 Å². The first-order valence-electron chi connectivity index (χ1n) is 10.4. The molecule has 0 spiro atoms. The number of nitrogens with one attached hydrogen (secondary N) is 1. The van der Waals surface area contributed by atoms with Crippen LogP contribution in [-0.2, 0) is 6.54 Å². The van der Waals surface area contributed by atoms with Gasteiger partial charge in [-0.15, -0.1) is 0 Å². The van der Waals surface area contributed by atoms with Crippen molar-refractivity contribution in [3.05, 3.63) is 71.9 Å². The molecule has 0 bridgehead atoms. The first kappa shape index (κ1) is 22.9. The predicted octanol–water partition coefficient (Wildman–Crippen LogP) is 5.46. The Hall–Kier alpha value is -3.74. The van der Waals surface area contributed by atoms with Crippen LogP contribution in [0.2, 0.25) is 0 Å². The zero-order valence-electron chi connectivity index (χ0n) is 19.3. The Morgan fingerprint density at radius 1 is 1.19 bits per heavy atom. The standard InChI is InChI=1S/C25H30N4O3/c1-7-10-21(17(8-2)9-3)29-12-11-18-15-26-25(28-20(18)16-29)27-19-13-22(30-4)24(32-6)23(14-19)31-5/h7-8,10-15H,1,9,16H2,2-6H3,(H,26,27,28)/b17-8-,21-10+. The number of methoxy groups -OCH3 is 3. The van der Waals surface area contributed by atoms with E-state index in [0.717, 1.165) is 29.1 Å². The van der Waals surface area contributed by atoms with Gasteiger partial charge in [0.2, 0.25) is 11.7 Å². The fourth-order valence-corrected chi connectivity index (χ4v) is 3.62. The second-order valence-electron chi connectivity index (χ2n) is 7.03. The molecule has 2 aromatic rings. The second-order valence-corrected chi connectivity index (χ2v) is 7.03. The van der Waals surface area contributed by atoms with Crippen molar-refractivity contribution in [3.63, 3.8) is 0 Å². The number of anilines is 2. The average Bonchev–Trinajstić information content (AvgIpc) is 2.83. The molecule has 0 fully saturated rings. The van der Waals surface area contributed by atoms with Gasteiger partial charge in [-0.05, 0) is 31.1 Å². The first-order valence-corrected chi connectivity index (χ1v) is 10.4. The van der Waals surface area contributed by atoms with Crippen LogP contribution in [0, 0.1) is 0 Å². The summed E-state index contributed by atoms with van der Waals surface area (Å²) in [5.41, 5.74) is 5.02. The molecule has 1 aliphatic rings. The molecule has 0 aliphatic carbocycles. The normalized spacial score (nSPS) is 13.5. The van der Waals surface area contributed by atoms with Gasteiger partial charge in [-0.3, -0.25) is 0 Å². The first-order chi connectivity index (χ1) is 15.6. The summed E-state index contributed by atoms with van der Waals surface area (Å²) in [4.78, 5) is 11.4. The van der Waals surface area contributed by atoms with Crippen molar-refractivity contribution in [1.82, 2.24) is 14.9 Å². The van der Waals surface area contributed by atoms with Crippen LogP contribution in [0.1, 0.15) is 31.5 Å². The molecule has 0 saturated carbocycles. The summed E-state index contributed by atoms with van der Waals surface area (Å²) in [5, 5.41) is 3.25. The number of hydrogen-bond donors (Lipinski definition) is 1. The van der Waals surface area contributed by atoms with Crippen LogP contribution in [-0.4, -0.2) is 36.2 Å². The Morgan fingerprint density at radius 2 is 1.91 bits per heavy atom. The van der Waals surface area contributed by atoms with Crippen LogP contribution in [0.15, 0.2) is 60.6 Å². The molecule has 0 amide bonds. The molecular weight excluding hydrogens is 404 g/mol. The smallest absolute Gasteiger partial charge is 0.227 e. The van der Waals surface area contributed by atoms with Crippen LogP contribution in [0.4, 0.5) is 11.6 Å². The molecule has 1 aromatic carbocycles. The Bertz CT molecular complexity index is 1050. The van der Waals surface area contributed by atoms with Crippen LogP contribution in [0.25, 0.3) is 6.08 Å². The van der Waals surface area contributed by atoms with Crippen molar-refractivity contribution in [2.24, 2.45) is 0 Å². The predicted molar refractivity (Wildman–Crippen MR) is 128 cm³/mol. The summed E-state index contributed by atoms with van der Waals surface area (Å²) >= 11 is 0. The molecule has 1 aliphatic heterocycles. The number of allylic oxidation sites excluding steroid dienone is 4. The maximum atomic E-state index is 5.43. The van der Waals surface area contributed by atoms with Crippen LogP contribution >= 0.6 is 0 Å². The minimum atomic E-state index is 0.490. The van der Waals surface area contributed by atoms with E-state index in [-0.39, 0.29) is 0 Å². The molecule has 1 aromatic heterocycles. The summed E-state index contributed by atoms with van der Waals surface area (Å²) in [6.45, 7) is 8.71. The van der Waals surface area contributed by atoms with Gasteiger partial charge in [0.15, 0.2) is 11.5 Å². The molecule has 0 saturated heterocycles. The minimum absolute atomic E-state index is 0.490. The SMILES string of the molecule is C=C/C=C(\C(=C/C)CC)N1C=Cc2cnc(Nc3cc(OC)c(OC)c(OC)c3)nc2C1. The summed E-state index contributed by atoms with van der Waals surface area (Å²) in [7, 11) is 4.74. The second kappa shape index (κ2) is 10.5. The van der Waals surface area contributed by atoms with Gasteiger partial charge in [0.1, 0.15) is 0 Å². The number of rotatable bonds is 9. The van der Waals surface area contributed by atoms with Gasteiger partial charge < -0.3 is 24.4 Å². The van der Waals surface area contributed by atoms with Crippen LogP contribution in [0.5, 0.6) is 17.2 Å². The Balaban J connectivity index is 1.89. The summed E-state index contributed by atoms with van der Waals surface area (Å²) in [6.07, 6.45) is 12.8. The lowest BCUT2D eigenvalue weighted by atomic mass is 10.1. The lowest BCUT2D eigenvalue weighted by molar-refractivity contribution is 0.324.